The number of quaternary nitrogens is 2. The molecule has 23 N–H and O–H groups in total. The Balaban J connectivity index is 0.000000253. The zero-order valence-electron chi connectivity index (χ0n) is 80.3. The van der Waals surface area contributed by atoms with Gasteiger partial charge in [0.05, 0.1) is 204 Å². The number of ether oxygens (including phenoxy) is 12. The van der Waals surface area contributed by atoms with Gasteiger partial charge in [-0.3, -0.25) is 98.6 Å². The van der Waals surface area contributed by atoms with Crippen LogP contribution in [0.2, 0.25) is 0 Å². The van der Waals surface area contributed by atoms with Crippen LogP contribution in [0, 0.1) is 5.92 Å². The van der Waals surface area contributed by atoms with Crippen molar-refractivity contribution in [1.29, 1.82) is 0 Å². The number of carbonyl (C=O) groups excluding carboxylic acids is 2. The number of aromatic nitrogens is 16. The molecule has 8 aromatic heterocycles. The molecule has 6 aliphatic rings. The van der Waals surface area contributed by atoms with Crippen molar-refractivity contribution in [1.82, 2.24) is 88.7 Å². The second-order valence-electron chi connectivity index (χ2n) is 32.4. The third-order valence-electron chi connectivity index (χ3n) is 22.8. The van der Waals surface area contributed by atoms with E-state index in [1.54, 1.807) is 16.7 Å². The van der Waals surface area contributed by atoms with E-state index in [4.69, 9.17) is 127 Å². The summed E-state index contributed by atoms with van der Waals surface area (Å²) in [6, 6.07) is -2.56. The summed E-state index contributed by atoms with van der Waals surface area (Å²) in [5, 5.41) is 17.0. The van der Waals surface area contributed by atoms with Gasteiger partial charge in [-0.15, -0.1) is 0 Å². The maximum atomic E-state index is 14.2. The number of nitrogens with zero attached hydrogens (tertiary/aromatic N) is 12. The fraction of sp³-hybridized carbons (Fsp3) is 0.718. The summed E-state index contributed by atoms with van der Waals surface area (Å²) in [5.41, 5.74) is 30.7. The largest absolute Gasteiger partial charge is 0.472 e. The number of rotatable bonds is 40. The van der Waals surface area contributed by atoms with Crippen LogP contribution in [0.1, 0.15) is 86.2 Å². The number of amides is 2. The Bertz CT molecular complexity index is 5430. The number of imidazole rings is 4. The maximum Gasteiger partial charge on any atom is 0.472 e. The quantitative estimate of drug-likeness (QED) is 0.0129. The first-order valence-electron chi connectivity index (χ1n) is 46.0. The number of phosphoric acid groups is 2. The number of halogens is 1. The van der Waals surface area contributed by atoms with E-state index >= 15 is 0 Å². The number of fused-ring (bicyclic) bond motifs is 8. The first-order chi connectivity index (χ1) is 68.0. The number of nitrogens with one attached hydrogen (secondary N) is 8. The molecular weight excluding hydrogens is 1970 g/mol. The van der Waals surface area contributed by atoms with Gasteiger partial charge < -0.3 is 145 Å². The molecule has 798 valence electrons. The minimum absolute atomic E-state index is 0.0286. The third-order valence-corrected chi connectivity index (χ3v) is 27.2. The Morgan fingerprint density at radius 2 is 0.676 bits per heavy atom. The lowest BCUT2D eigenvalue weighted by atomic mass is 10.0. The van der Waals surface area contributed by atoms with Crippen LogP contribution < -0.4 is 77.1 Å². The summed E-state index contributed by atoms with van der Waals surface area (Å²) in [6.45, 7) is 27.7. The Hall–Kier alpha value is -8.69. The standard InChI is InChI=1S/C33H50N12O16P2.C32H48N12O17P2.2C6H15N.CH3F/c1-17-24-18(58-30(17)44-15-37-22-26(44)40-32(35)42-28(22)47)13-56-62(2,49)60-25-19(14-57-63(50,51)61-24)59-31(45-16-38-23-27(45)41-33(36)43-29(23)48)21(25)39-20(46)3-5-52-7-9-54-11-12-55-10-8-53-6-4-34;1-62(49)56-12-17-24(22(46)30(59-17)44-15-37-21-26(44)40-32(35)42-28(21)48)61-63(50,51)57-13-16-23(60-62)19(29(58-16)43-14-36-20-25(43)39-31(34)41-27(20)47)38-18(45)2-4-52-6-8-54-10-11-55-9-7-53-5-3-33;2*1-4-7(5-2)6-3;1-2/h15-19,21,24-25,30-31H,3-14,34H2,1-2H3,(H,39,46)(H,50,51)(H3,35,40,42,47)(H3,36,41,43,48);14-17,19,22-24,29-30,46H,2-13,33H2,1H3,(H,38,45)(H,50,51)(H3,34,39,41,47)(H3,35,40,42,48);2*4-6H2,1-3H3;1H3/p+2/t17?,18-,19-,21?,24-,25+,30-,31-,62?;16-,17-,19?,22?,23+,24+,29-,30-,62?;;;/m11.../s1. The molecule has 8 aromatic rings. The van der Waals surface area contributed by atoms with Gasteiger partial charge in [-0.2, -0.15) is 19.9 Å². The molecule has 20 atom stereocenters. The van der Waals surface area contributed by atoms with Gasteiger partial charge in [0.25, 0.3) is 22.2 Å². The normalized spacial score (nSPS) is 27.9. The van der Waals surface area contributed by atoms with Crippen molar-refractivity contribution in [2.24, 2.45) is 17.4 Å². The molecule has 59 nitrogen and oxygen atoms in total. The van der Waals surface area contributed by atoms with Gasteiger partial charge in [0.2, 0.25) is 35.6 Å². The van der Waals surface area contributed by atoms with Crippen LogP contribution in [0.15, 0.2) is 44.5 Å². The molecule has 0 saturated carbocycles. The van der Waals surface area contributed by atoms with Crippen LogP contribution in [-0.2, 0) is 121 Å². The number of hydrogen-bond acceptors (Lipinski definition) is 45. The van der Waals surface area contributed by atoms with E-state index in [0.717, 1.165) is 17.6 Å². The lowest BCUT2D eigenvalue weighted by Gasteiger charge is -2.30. The van der Waals surface area contributed by atoms with Crippen molar-refractivity contribution >= 4 is 111 Å². The topological polar surface area (TPSA) is 791 Å². The number of phosphoric ester groups is 2. The number of nitrogens with two attached hydrogens (primary N) is 6. The molecule has 6 saturated heterocycles. The zero-order chi connectivity index (χ0) is 103. The lowest BCUT2D eigenvalue weighted by molar-refractivity contribution is -0.894. The van der Waals surface area contributed by atoms with Crippen molar-refractivity contribution < 1.29 is 150 Å². The highest BCUT2D eigenvalue weighted by atomic mass is 31.2. The molecule has 2 amide bonds. The fourth-order valence-electron chi connectivity index (χ4n) is 15.7. The van der Waals surface area contributed by atoms with Gasteiger partial charge in [-0.25, -0.2) is 29.1 Å². The second kappa shape index (κ2) is 55.2. The summed E-state index contributed by atoms with van der Waals surface area (Å²) >= 11 is 0. The number of alkyl halides is 1. The Labute approximate surface area is 811 Å². The molecule has 8 unspecified atom stereocenters. The van der Waals surface area contributed by atoms with Crippen molar-refractivity contribution in [3.63, 3.8) is 0 Å². The van der Waals surface area contributed by atoms with Crippen LogP contribution in [-0.4, -0.2) is 377 Å². The zero-order valence-corrected chi connectivity index (χ0v) is 83.9. The van der Waals surface area contributed by atoms with Crippen LogP contribution in [0.25, 0.3) is 44.7 Å². The molecule has 6 aliphatic heterocycles. The van der Waals surface area contributed by atoms with Crippen molar-refractivity contribution in [3.05, 3.63) is 66.7 Å². The van der Waals surface area contributed by atoms with Gasteiger partial charge in [-0.1, -0.05) is 6.92 Å². The first kappa shape index (κ1) is 115. The van der Waals surface area contributed by atoms with Crippen LogP contribution in [0.5, 0.6) is 0 Å². The van der Waals surface area contributed by atoms with Gasteiger partial charge in [0, 0.05) is 45.2 Å². The predicted octanol–water partition coefficient (Wildman–Crippen LogP) is -3.85. The second-order valence-corrected chi connectivity index (χ2v) is 39.3. The number of nitrogen functional groups attached to an aromatic ring is 4. The molecule has 0 aliphatic carbocycles. The minimum atomic E-state index is -5.15. The van der Waals surface area contributed by atoms with Crippen LogP contribution in [0.3, 0.4) is 0 Å². The number of anilines is 4. The van der Waals surface area contributed by atoms with Gasteiger partial charge in [-0.05, 0) is 41.5 Å². The molecule has 0 aromatic carbocycles. The molecule has 0 bridgehead atoms. The number of hydrogen-bond donors (Lipinski definition) is 17. The Morgan fingerprint density at radius 1 is 0.415 bits per heavy atom. The monoisotopic (exact) mass is 2100 g/mol. The molecule has 6 fully saturated rings. The third kappa shape index (κ3) is 31.7. The average Bonchev–Trinajstić information content (AvgIpc) is 1.61. The van der Waals surface area contributed by atoms with E-state index in [1.807, 2.05) is 0 Å². The predicted molar refractivity (Wildman–Crippen MR) is 501 cm³/mol. The number of aliphatic hydroxyl groups excluding tert-OH is 1. The summed E-state index contributed by atoms with van der Waals surface area (Å²) in [5.74, 6) is -2.88. The highest BCUT2D eigenvalue weighted by Crippen LogP contribution is 2.57. The molecule has 14 rings (SSSR count). The summed E-state index contributed by atoms with van der Waals surface area (Å²) in [4.78, 5) is 145. The highest BCUT2D eigenvalue weighted by molar-refractivity contribution is 7.53. The minimum Gasteiger partial charge on any atom is -0.386 e. The number of aromatic amines is 4. The molecular formula is C78H133FN26O33P4+2. The molecule has 64 heteroatoms. The van der Waals surface area contributed by atoms with E-state index in [1.165, 1.54) is 78.6 Å². The number of carbonyl (C=O) groups is 2. The van der Waals surface area contributed by atoms with E-state index < -0.39 is 189 Å². The van der Waals surface area contributed by atoms with E-state index in [2.05, 4.69) is 112 Å². The van der Waals surface area contributed by atoms with Crippen molar-refractivity contribution in [2.75, 3.05) is 228 Å². The Kier molecular flexibility index (Phi) is 44.8. The highest BCUT2D eigenvalue weighted by Gasteiger charge is 2.57. The molecule has 0 spiro atoms. The summed E-state index contributed by atoms with van der Waals surface area (Å²) in [6.07, 6.45) is -13.5. The van der Waals surface area contributed by atoms with Gasteiger partial charge in [0.15, 0.2) is 63.3 Å². The average molecular weight is 2110 g/mol. The Morgan fingerprint density at radius 3 is 0.986 bits per heavy atom. The fourth-order valence-corrected chi connectivity index (χ4v) is 20.0. The SMILES string of the molecule is CC1[C@H]2OP(=O)(O)OC[C@H]3O[C@@H](n4cnc5c(=O)[nH]c(N)nc54)C(NC(=O)CCOCCOCCOCCOCCN)[C@H]3OP(C)(=O)OC[C@H]2O[C@H]1n1cnc2c(=O)[nH]c(N)nc21.CC[NH+](CC)CC.CC[NH+](CC)CC.CF.CP1(=O)OC[C@H]2O[C@@H](n3cnc4c(=O)[nH]c(N)nc43)C(O)[C@H]2OP(=O)(O)OC[C@H]2O[C@@H](n3cnc4c(=O)[nH]c(N)nc43)C(NC(=O)CCOCCOCCOCCOCCN)[C@H]2O1. The number of aliphatic hydroxyl groups is 1. The van der Waals surface area contributed by atoms with Gasteiger partial charge >= 0.3 is 30.8 Å². The smallest absolute Gasteiger partial charge is 0.386 e. The van der Waals surface area contributed by atoms with E-state index in [-0.39, 0.29) is 121 Å². The van der Waals surface area contributed by atoms with Gasteiger partial charge in [0.1, 0.15) is 73.2 Å². The summed E-state index contributed by atoms with van der Waals surface area (Å²) < 4.78 is 184. The molecule has 0 radical (unpaired) electrons. The van der Waals surface area contributed by atoms with E-state index in [9.17, 15) is 66.3 Å². The maximum absolute atomic E-state index is 14.2. The van der Waals surface area contributed by atoms with Crippen molar-refractivity contribution in [2.45, 2.75) is 153 Å². The molecule has 142 heavy (non-hydrogen) atoms. The number of H-pyrrole nitrogens is 4. The van der Waals surface area contributed by atoms with Crippen molar-refractivity contribution in [3.8, 4) is 0 Å². The van der Waals surface area contributed by atoms with Crippen LogP contribution >= 0.6 is 30.8 Å². The lowest BCUT2D eigenvalue weighted by Crippen LogP contribution is -3.11. The van der Waals surface area contributed by atoms with Crippen LogP contribution in [0.4, 0.5) is 28.2 Å². The first-order valence-corrected chi connectivity index (χ1v) is 52.9. The van der Waals surface area contributed by atoms with E-state index in [0.29, 0.717) is 86.3 Å². The summed E-state index contributed by atoms with van der Waals surface area (Å²) in [7, 11) is -18.0. The molecule has 14 heterocycles.